The van der Waals surface area contributed by atoms with Crippen LogP contribution in [-0.4, -0.2) is 37.3 Å². The van der Waals surface area contributed by atoms with Crippen LogP contribution in [0.5, 0.6) is 0 Å². The highest BCUT2D eigenvalue weighted by molar-refractivity contribution is 9.11. The first kappa shape index (κ1) is 23.0. The van der Waals surface area contributed by atoms with Crippen molar-refractivity contribution < 1.29 is 17.6 Å². The van der Waals surface area contributed by atoms with E-state index in [4.69, 9.17) is 0 Å². The van der Waals surface area contributed by atoms with Crippen molar-refractivity contribution in [3.63, 3.8) is 0 Å². The monoisotopic (exact) mass is 525 g/mol. The van der Waals surface area contributed by atoms with Crippen molar-refractivity contribution in [3.05, 3.63) is 69.1 Å². The SMILES string of the molecule is C=NCc1ccc(N(Cc2ccc(F)cn2)c2nc(C(=O)NS(C)(=O)=O)c(Br)s2)cc1. The lowest BCUT2D eigenvalue weighted by molar-refractivity contribution is 0.0977. The molecule has 0 unspecified atom stereocenters. The number of carbonyl (C=O) groups is 1. The van der Waals surface area contributed by atoms with Gasteiger partial charge in [0.25, 0.3) is 5.91 Å². The minimum absolute atomic E-state index is 0.0602. The second-order valence-electron chi connectivity index (χ2n) is 6.42. The van der Waals surface area contributed by atoms with E-state index >= 15 is 0 Å². The lowest BCUT2D eigenvalue weighted by Crippen LogP contribution is -2.30. The zero-order valence-corrected chi connectivity index (χ0v) is 19.5. The van der Waals surface area contributed by atoms with Crippen LogP contribution >= 0.6 is 27.3 Å². The third kappa shape index (κ3) is 6.15. The third-order valence-electron chi connectivity index (χ3n) is 3.95. The summed E-state index contributed by atoms with van der Waals surface area (Å²) in [7, 11) is -3.74. The topological polar surface area (TPSA) is 105 Å². The van der Waals surface area contributed by atoms with Crippen LogP contribution in [0.25, 0.3) is 0 Å². The summed E-state index contributed by atoms with van der Waals surface area (Å²) in [6.45, 7) is 4.20. The number of pyridine rings is 1. The van der Waals surface area contributed by atoms with E-state index in [0.29, 0.717) is 21.2 Å². The number of aliphatic imine (C=N–C) groups is 1. The van der Waals surface area contributed by atoms with Gasteiger partial charge in [0.15, 0.2) is 10.8 Å². The van der Waals surface area contributed by atoms with Crippen LogP contribution in [0.15, 0.2) is 51.4 Å². The van der Waals surface area contributed by atoms with Gasteiger partial charge in [-0.25, -0.2) is 22.5 Å². The predicted octanol–water partition coefficient (Wildman–Crippen LogP) is 3.67. The van der Waals surface area contributed by atoms with Crippen LogP contribution in [0.4, 0.5) is 15.2 Å². The van der Waals surface area contributed by atoms with Crippen molar-refractivity contribution >= 4 is 60.7 Å². The van der Waals surface area contributed by atoms with Gasteiger partial charge in [-0.3, -0.25) is 14.8 Å². The van der Waals surface area contributed by atoms with Crippen molar-refractivity contribution in [2.24, 2.45) is 4.99 Å². The molecule has 2 aromatic heterocycles. The molecule has 0 aliphatic carbocycles. The van der Waals surface area contributed by atoms with Crippen LogP contribution in [0, 0.1) is 5.82 Å². The average Bonchev–Trinajstić information content (AvgIpc) is 3.09. The second kappa shape index (κ2) is 9.62. The molecule has 12 heteroatoms. The largest absolute Gasteiger partial charge is 0.312 e. The van der Waals surface area contributed by atoms with Gasteiger partial charge in [-0.1, -0.05) is 23.5 Å². The molecular weight excluding hydrogens is 509 g/mol. The Morgan fingerprint density at radius 2 is 2.00 bits per heavy atom. The van der Waals surface area contributed by atoms with Gasteiger partial charge in [-0.05, 0) is 52.5 Å². The summed E-state index contributed by atoms with van der Waals surface area (Å²) in [5, 5.41) is 0.422. The number of rotatable bonds is 8. The van der Waals surface area contributed by atoms with Crippen LogP contribution in [0.1, 0.15) is 21.7 Å². The predicted molar refractivity (Wildman–Crippen MR) is 122 cm³/mol. The molecule has 1 N–H and O–H groups in total. The highest BCUT2D eigenvalue weighted by Gasteiger charge is 2.23. The molecule has 31 heavy (non-hydrogen) atoms. The Hall–Kier alpha value is -2.70. The summed E-state index contributed by atoms with van der Waals surface area (Å²) in [5.41, 5.74) is 2.23. The van der Waals surface area contributed by atoms with Gasteiger partial charge in [0, 0.05) is 5.69 Å². The maximum absolute atomic E-state index is 13.3. The van der Waals surface area contributed by atoms with Crippen LogP contribution in [0.3, 0.4) is 0 Å². The normalized spacial score (nSPS) is 11.2. The number of benzene rings is 1. The number of sulfonamides is 1. The summed E-state index contributed by atoms with van der Waals surface area (Å²) < 4.78 is 38.4. The Morgan fingerprint density at radius 1 is 1.29 bits per heavy atom. The van der Waals surface area contributed by atoms with E-state index in [1.807, 2.05) is 29.0 Å². The lowest BCUT2D eigenvalue weighted by atomic mass is 10.2. The number of anilines is 2. The molecule has 0 fully saturated rings. The third-order valence-corrected chi connectivity index (χ3v) is 6.23. The fourth-order valence-electron chi connectivity index (χ4n) is 2.60. The smallest absolute Gasteiger partial charge is 0.285 e. The van der Waals surface area contributed by atoms with E-state index in [2.05, 4.69) is 37.6 Å². The van der Waals surface area contributed by atoms with Crippen LogP contribution < -0.4 is 9.62 Å². The second-order valence-corrected chi connectivity index (χ2v) is 10.5. The van der Waals surface area contributed by atoms with Gasteiger partial charge >= 0.3 is 0 Å². The molecule has 2 heterocycles. The Morgan fingerprint density at radius 3 is 2.58 bits per heavy atom. The first-order valence-corrected chi connectivity index (χ1v) is 12.2. The first-order valence-electron chi connectivity index (χ1n) is 8.74. The number of nitrogens with one attached hydrogen (secondary N) is 1. The molecule has 1 aromatic carbocycles. The number of aromatic nitrogens is 2. The highest BCUT2D eigenvalue weighted by Crippen LogP contribution is 2.36. The molecule has 3 aromatic rings. The number of amides is 1. The van der Waals surface area contributed by atoms with Gasteiger partial charge in [-0.2, -0.15) is 0 Å². The molecule has 1 amide bonds. The maximum Gasteiger partial charge on any atom is 0.285 e. The summed E-state index contributed by atoms with van der Waals surface area (Å²) in [6.07, 6.45) is 2.01. The van der Waals surface area contributed by atoms with Gasteiger partial charge in [0.1, 0.15) is 9.60 Å². The minimum atomic E-state index is -3.74. The molecule has 162 valence electrons. The first-order chi connectivity index (χ1) is 14.7. The van der Waals surface area contributed by atoms with Crippen molar-refractivity contribution in [2.45, 2.75) is 13.1 Å². The molecule has 8 nitrogen and oxygen atoms in total. The molecule has 0 saturated heterocycles. The zero-order valence-electron chi connectivity index (χ0n) is 16.2. The van der Waals surface area contributed by atoms with Gasteiger partial charge < -0.3 is 4.90 Å². The van der Waals surface area contributed by atoms with E-state index in [1.165, 1.54) is 6.07 Å². The van der Waals surface area contributed by atoms with Crippen LogP contribution in [-0.2, 0) is 23.1 Å². The summed E-state index contributed by atoms with van der Waals surface area (Å²) in [4.78, 5) is 26.4. The molecule has 0 atom stereocenters. The van der Waals surface area contributed by atoms with Crippen molar-refractivity contribution in [1.29, 1.82) is 0 Å². The Labute approximate surface area is 191 Å². The number of hydrogen-bond donors (Lipinski definition) is 1. The molecule has 0 saturated carbocycles. The van der Waals surface area contributed by atoms with Gasteiger partial charge in [0.05, 0.1) is 31.2 Å². The van der Waals surface area contributed by atoms with E-state index < -0.39 is 21.7 Å². The standard InChI is InChI=1S/C19H17BrFN5O3S2/c1-22-9-12-3-7-15(8-4-12)26(11-14-6-5-13(21)10-23-14)19-24-16(17(20)30-19)18(27)25-31(2,28)29/h3-8,10H,1,9,11H2,2H3,(H,25,27). The lowest BCUT2D eigenvalue weighted by Gasteiger charge is -2.22. The molecule has 0 radical (unpaired) electrons. The van der Waals surface area contributed by atoms with E-state index in [0.717, 1.165) is 35.0 Å². The van der Waals surface area contributed by atoms with Crippen molar-refractivity contribution in [1.82, 2.24) is 14.7 Å². The Bertz CT molecular complexity index is 1200. The number of thiazole rings is 1. The summed E-state index contributed by atoms with van der Waals surface area (Å²) in [5.74, 6) is -1.29. The van der Waals surface area contributed by atoms with E-state index in [-0.39, 0.29) is 12.2 Å². The minimum Gasteiger partial charge on any atom is -0.312 e. The number of halogens is 2. The molecule has 0 bridgehead atoms. The number of hydrogen-bond acceptors (Lipinski definition) is 8. The van der Waals surface area contributed by atoms with Crippen molar-refractivity contribution in [3.8, 4) is 0 Å². The fraction of sp³-hybridized carbons (Fsp3) is 0.158. The average molecular weight is 526 g/mol. The van der Waals surface area contributed by atoms with Crippen molar-refractivity contribution in [2.75, 3.05) is 11.2 Å². The maximum atomic E-state index is 13.3. The number of nitrogens with zero attached hydrogens (tertiary/aromatic N) is 4. The quantitative estimate of drug-likeness (QED) is 0.450. The Balaban J connectivity index is 1.99. The molecule has 0 spiro atoms. The number of carbonyl (C=O) groups excluding carboxylic acids is 1. The van der Waals surface area contributed by atoms with E-state index in [1.54, 1.807) is 11.0 Å². The van der Waals surface area contributed by atoms with Crippen LogP contribution in [0.2, 0.25) is 0 Å². The summed E-state index contributed by atoms with van der Waals surface area (Å²) >= 11 is 4.44. The highest BCUT2D eigenvalue weighted by atomic mass is 79.9. The molecular formula is C19H17BrFN5O3S2. The summed E-state index contributed by atoms with van der Waals surface area (Å²) in [6, 6.07) is 10.3. The molecule has 0 aliphatic heterocycles. The molecule has 0 aliphatic rings. The van der Waals surface area contributed by atoms with Gasteiger partial charge in [0.2, 0.25) is 10.0 Å². The zero-order chi connectivity index (χ0) is 22.6. The van der Waals surface area contributed by atoms with E-state index in [9.17, 15) is 17.6 Å². The Kier molecular flexibility index (Phi) is 7.13. The fourth-order valence-corrected chi connectivity index (χ4v) is 4.55. The van der Waals surface area contributed by atoms with Gasteiger partial charge in [-0.15, -0.1) is 0 Å². The molecule has 3 rings (SSSR count).